The van der Waals surface area contributed by atoms with Crippen LogP contribution < -0.4 is 5.32 Å². The maximum atomic E-state index is 5.37. The normalized spacial score (nSPS) is 28.9. The number of rotatable bonds is 6. The maximum Gasteiger partial charge on any atom is 0.0103 e. The minimum atomic E-state index is 0.420. The summed E-state index contributed by atoms with van der Waals surface area (Å²) in [5.41, 5.74) is 0.420. The number of hydrogen-bond donors (Lipinski definition) is 1. The largest absolute Gasteiger partial charge is 0.314 e. The highest BCUT2D eigenvalue weighted by molar-refractivity contribution is 4.93. The molecule has 1 nitrogen and oxygen atoms in total. The lowest BCUT2D eigenvalue weighted by Gasteiger charge is -2.45. The van der Waals surface area contributed by atoms with Crippen LogP contribution in [0.1, 0.15) is 66.2 Å². The fraction of sp³-hybridized carbons (Fsp3) is 0.882. The van der Waals surface area contributed by atoms with Crippen LogP contribution in [0.5, 0.6) is 0 Å². The zero-order valence-electron chi connectivity index (χ0n) is 12.8. The van der Waals surface area contributed by atoms with Crippen molar-refractivity contribution < 1.29 is 0 Å². The van der Waals surface area contributed by atoms with Gasteiger partial charge in [-0.15, -0.1) is 12.3 Å². The monoisotopic (exact) mass is 249 g/mol. The van der Waals surface area contributed by atoms with Gasteiger partial charge in [-0.25, -0.2) is 0 Å². The van der Waals surface area contributed by atoms with Gasteiger partial charge in [0.15, 0.2) is 0 Å². The number of nitrogens with one attached hydrogen (secondary N) is 1. The molecule has 1 heteroatoms. The molecule has 1 aliphatic carbocycles. The molecule has 1 N–H and O–H groups in total. The Morgan fingerprint density at radius 3 is 2.67 bits per heavy atom. The Hall–Kier alpha value is -0.480. The molecule has 0 spiro atoms. The van der Waals surface area contributed by atoms with E-state index in [1.54, 1.807) is 0 Å². The lowest BCUT2D eigenvalue weighted by atomic mass is 9.64. The van der Waals surface area contributed by atoms with E-state index in [0.717, 1.165) is 24.8 Å². The van der Waals surface area contributed by atoms with Gasteiger partial charge in [-0.05, 0) is 49.5 Å². The van der Waals surface area contributed by atoms with Crippen molar-refractivity contribution >= 4 is 0 Å². The molecule has 104 valence electrons. The molecule has 0 aliphatic heterocycles. The summed E-state index contributed by atoms with van der Waals surface area (Å²) in [4.78, 5) is 0. The molecule has 0 aromatic carbocycles. The summed E-state index contributed by atoms with van der Waals surface area (Å²) in [6.45, 7) is 10.6. The second-order valence-corrected chi connectivity index (χ2v) is 6.74. The summed E-state index contributed by atoms with van der Waals surface area (Å²) in [5, 5.41) is 3.72. The Bertz CT molecular complexity index is 274. The van der Waals surface area contributed by atoms with Crippen LogP contribution in [0.25, 0.3) is 0 Å². The summed E-state index contributed by atoms with van der Waals surface area (Å²) in [5.74, 6) is 4.46. The minimum absolute atomic E-state index is 0.420. The van der Waals surface area contributed by atoms with Crippen LogP contribution in [0.15, 0.2) is 0 Å². The molecular formula is C17H31N. The van der Waals surface area contributed by atoms with Crippen LogP contribution >= 0.6 is 0 Å². The van der Waals surface area contributed by atoms with E-state index in [1.165, 1.54) is 32.1 Å². The van der Waals surface area contributed by atoms with E-state index in [4.69, 9.17) is 6.42 Å². The second-order valence-electron chi connectivity index (χ2n) is 6.74. The molecule has 1 saturated carbocycles. The maximum absolute atomic E-state index is 5.37. The third-order valence-corrected chi connectivity index (χ3v) is 4.72. The molecule has 0 bridgehead atoms. The Balaban J connectivity index is 2.61. The molecule has 0 radical (unpaired) electrons. The first kappa shape index (κ1) is 15.6. The molecular weight excluding hydrogens is 218 g/mol. The van der Waals surface area contributed by atoms with Gasteiger partial charge in [-0.2, -0.15) is 0 Å². The van der Waals surface area contributed by atoms with Gasteiger partial charge in [0.25, 0.3) is 0 Å². The second kappa shape index (κ2) is 7.19. The molecule has 1 fully saturated rings. The van der Waals surface area contributed by atoms with Crippen LogP contribution in [0, 0.1) is 29.6 Å². The standard InChI is InChI=1S/C17H31N/c1-6-8-9-12-17(4,5)15-11-10-14(3)13-16(15)18-7-2/h1,14-16,18H,7-13H2,2-5H3. The van der Waals surface area contributed by atoms with Crippen LogP contribution in [0.2, 0.25) is 0 Å². The van der Waals surface area contributed by atoms with Crippen LogP contribution in [0.4, 0.5) is 0 Å². The first-order valence-electron chi connectivity index (χ1n) is 7.68. The molecule has 0 heterocycles. The number of unbranched alkanes of at least 4 members (excludes halogenated alkanes) is 1. The summed E-state index contributed by atoms with van der Waals surface area (Å²) in [7, 11) is 0. The van der Waals surface area contributed by atoms with Crippen molar-refractivity contribution in [3.63, 3.8) is 0 Å². The van der Waals surface area contributed by atoms with Gasteiger partial charge in [-0.1, -0.05) is 34.1 Å². The van der Waals surface area contributed by atoms with Crippen molar-refractivity contribution in [2.24, 2.45) is 17.3 Å². The molecule has 0 aromatic heterocycles. The zero-order chi connectivity index (χ0) is 13.6. The Morgan fingerprint density at radius 2 is 2.06 bits per heavy atom. The van der Waals surface area contributed by atoms with E-state index in [2.05, 4.69) is 38.9 Å². The predicted octanol–water partition coefficient (Wildman–Crippen LogP) is 4.23. The highest BCUT2D eigenvalue weighted by Gasteiger charge is 2.37. The third kappa shape index (κ3) is 4.32. The molecule has 18 heavy (non-hydrogen) atoms. The molecule has 0 amide bonds. The van der Waals surface area contributed by atoms with Crippen molar-refractivity contribution in [2.45, 2.75) is 72.3 Å². The lowest BCUT2D eigenvalue weighted by Crippen LogP contribution is -2.46. The summed E-state index contributed by atoms with van der Waals surface area (Å²) in [6, 6.07) is 0.708. The molecule has 3 unspecified atom stereocenters. The summed E-state index contributed by atoms with van der Waals surface area (Å²) >= 11 is 0. The number of terminal acetylenes is 1. The van der Waals surface area contributed by atoms with Crippen LogP contribution in [-0.2, 0) is 0 Å². The summed E-state index contributed by atoms with van der Waals surface area (Å²) < 4.78 is 0. The summed E-state index contributed by atoms with van der Waals surface area (Å²) in [6.07, 6.45) is 12.8. The average molecular weight is 249 g/mol. The van der Waals surface area contributed by atoms with Crippen molar-refractivity contribution in [2.75, 3.05) is 6.54 Å². The number of hydrogen-bond acceptors (Lipinski definition) is 1. The topological polar surface area (TPSA) is 12.0 Å². The highest BCUT2D eigenvalue weighted by atomic mass is 14.9. The Morgan fingerprint density at radius 1 is 1.33 bits per heavy atom. The predicted molar refractivity (Wildman–Crippen MR) is 80.4 cm³/mol. The van der Waals surface area contributed by atoms with E-state index < -0.39 is 0 Å². The fourth-order valence-electron chi connectivity index (χ4n) is 3.64. The van der Waals surface area contributed by atoms with Crippen LogP contribution in [-0.4, -0.2) is 12.6 Å². The quantitative estimate of drug-likeness (QED) is 0.549. The van der Waals surface area contributed by atoms with Gasteiger partial charge in [0.2, 0.25) is 0 Å². The molecule has 1 aliphatic rings. The van der Waals surface area contributed by atoms with Crippen molar-refractivity contribution in [3.8, 4) is 12.3 Å². The van der Waals surface area contributed by atoms with E-state index in [9.17, 15) is 0 Å². The van der Waals surface area contributed by atoms with Crippen molar-refractivity contribution in [3.05, 3.63) is 0 Å². The molecule has 3 atom stereocenters. The van der Waals surface area contributed by atoms with E-state index in [1.807, 2.05) is 0 Å². The smallest absolute Gasteiger partial charge is 0.0103 e. The molecule has 0 saturated heterocycles. The molecule has 0 aromatic rings. The van der Waals surface area contributed by atoms with Gasteiger partial charge < -0.3 is 5.32 Å². The molecule has 1 rings (SSSR count). The Labute approximate surface area is 114 Å². The van der Waals surface area contributed by atoms with Gasteiger partial charge in [-0.3, -0.25) is 0 Å². The zero-order valence-corrected chi connectivity index (χ0v) is 12.8. The average Bonchev–Trinajstić information content (AvgIpc) is 2.29. The third-order valence-electron chi connectivity index (χ3n) is 4.72. The van der Waals surface area contributed by atoms with E-state index in [0.29, 0.717) is 11.5 Å². The Kier molecular flexibility index (Phi) is 6.22. The highest BCUT2D eigenvalue weighted by Crippen LogP contribution is 2.43. The van der Waals surface area contributed by atoms with E-state index in [-0.39, 0.29) is 0 Å². The van der Waals surface area contributed by atoms with E-state index >= 15 is 0 Å². The van der Waals surface area contributed by atoms with Crippen molar-refractivity contribution in [1.29, 1.82) is 0 Å². The first-order chi connectivity index (χ1) is 8.51. The van der Waals surface area contributed by atoms with Crippen LogP contribution in [0.3, 0.4) is 0 Å². The van der Waals surface area contributed by atoms with Gasteiger partial charge in [0.05, 0.1) is 0 Å². The fourth-order valence-corrected chi connectivity index (χ4v) is 3.64. The minimum Gasteiger partial charge on any atom is -0.314 e. The van der Waals surface area contributed by atoms with Gasteiger partial charge >= 0.3 is 0 Å². The first-order valence-corrected chi connectivity index (χ1v) is 7.68. The lowest BCUT2D eigenvalue weighted by molar-refractivity contribution is 0.0861. The van der Waals surface area contributed by atoms with Crippen molar-refractivity contribution in [1.82, 2.24) is 5.32 Å². The van der Waals surface area contributed by atoms with Gasteiger partial charge in [0, 0.05) is 12.5 Å². The van der Waals surface area contributed by atoms with Gasteiger partial charge in [0.1, 0.15) is 0 Å². The SMILES string of the molecule is C#CCCCC(C)(C)C1CCC(C)CC1NCC.